The minimum absolute atomic E-state index is 0.114. The molecule has 0 fully saturated rings. The van der Waals surface area contributed by atoms with Crippen LogP contribution < -0.4 is 4.90 Å². The summed E-state index contributed by atoms with van der Waals surface area (Å²) in [5, 5.41) is 0. The van der Waals surface area contributed by atoms with Crippen LogP contribution in [0, 0.1) is 35.0 Å². The molecule has 0 heterocycles. The van der Waals surface area contributed by atoms with Crippen LogP contribution in [0.3, 0.4) is 0 Å². The first kappa shape index (κ1) is 19.6. The Labute approximate surface area is 132 Å². The number of unbranched alkanes of at least 4 members (excludes halogenated alkanes) is 1. The first-order valence-electron chi connectivity index (χ1n) is 7.71. The summed E-state index contributed by atoms with van der Waals surface area (Å²) in [6.45, 7) is 2.52. The molecule has 0 saturated heterocycles. The second-order valence-corrected chi connectivity index (χ2v) is 5.51. The van der Waals surface area contributed by atoms with Gasteiger partial charge in [0, 0.05) is 6.54 Å². The van der Waals surface area contributed by atoms with Gasteiger partial charge in [-0.05, 0) is 12.3 Å². The van der Waals surface area contributed by atoms with Gasteiger partial charge in [0.1, 0.15) is 5.69 Å². The van der Waals surface area contributed by atoms with Crippen LogP contribution in [-0.2, 0) is 0 Å². The molecule has 1 aromatic rings. The van der Waals surface area contributed by atoms with Gasteiger partial charge in [-0.3, -0.25) is 0 Å². The maximum atomic E-state index is 13.7. The lowest BCUT2D eigenvalue weighted by molar-refractivity contribution is 0.365. The highest BCUT2D eigenvalue weighted by molar-refractivity contribution is 5.50. The number of alkyl halides is 1. The van der Waals surface area contributed by atoms with Crippen LogP contribution in [0.5, 0.6) is 0 Å². The Morgan fingerprint density at radius 2 is 1.35 bits per heavy atom. The largest absolute Gasteiger partial charge is 0.339 e. The first-order chi connectivity index (χ1) is 10.9. The maximum Gasteiger partial charge on any atom is 0.200 e. The SMILES string of the molecule is CCCCC(CC)CCN(CF)c1c(F)c(F)c(F)c(F)c1F. The summed E-state index contributed by atoms with van der Waals surface area (Å²) in [7, 11) is 0. The third-order valence-electron chi connectivity index (χ3n) is 4.00. The van der Waals surface area contributed by atoms with E-state index in [1.54, 1.807) is 0 Å². The molecule has 1 aromatic carbocycles. The van der Waals surface area contributed by atoms with Crippen molar-refractivity contribution in [2.75, 3.05) is 18.2 Å². The number of halogens is 6. The molecular formula is C16H21F6N. The quantitative estimate of drug-likeness (QED) is 0.240. The zero-order valence-electron chi connectivity index (χ0n) is 13.2. The van der Waals surface area contributed by atoms with Crippen LogP contribution >= 0.6 is 0 Å². The molecule has 0 aliphatic rings. The number of rotatable bonds is 9. The van der Waals surface area contributed by atoms with Crippen molar-refractivity contribution < 1.29 is 26.3 Å². The average Bonchev–Trinajstić information content (AvgIpc) is 2.56. The van der Waals surface area contributed by atoms with E-state index in [0.29, 0.717) is 11.3 Å². The van der Waals surface area contributed by atoms with E-state index in [2.05, 4.69) is 0 Å². The topological polar surface area (TPSA) is 3.24 Å². The van der Waals surface area contributed by atoms with Crippen LogP contribution in [-0.4, -0.2) is 13.3 Å². The van der Waals surface area contributed by atoms with Gasteiger partial charge in [0.15, 0.2) is 30.1 Å². The Morgan fingerprint density at radius 1 is 0.826 bits per heavy atom. The molecule has 7 heteroatoms. The molecule has 1 unspecified atom stereocenters. The fourth-order valence-corrected chi connectivity index (χ4v) is 2.49. The minimum atomic E-state index is -2.24. The molecule has 23 heavy (non-hydrogen) atoms. The summed E-state index contributed by atoms with van der Waals surface area (Å²) in [6, 6.07) is 0. The molecule has 0 spiro atoms. The molecule has 0 aromatic heterocycles. The number of anilines is 1. The van der Waals surface area contributed by atoms with E-state index in [-0.39, 0.29) is 12.5 Å². The van der Waals surface area contributed by atoms with Gasteiger partial charge >= 0.3 is 0 Å². The van der Waals surface area contributed by atoms with Crippen molar-refractivity contribution in [2.45, 2.75) is 46.0 Å². The van der Waals surface area contributed by atoms with Crippen LogP contribution in [0.4, 0.5) is 32.0 Å². The molecule has 0 aliphatic heterocycles. The molecule has 132 valence electrons. The van der Waals surface area contributed by atoms with Crippen LogP contribution in [0.15, 0.2) is 0 Å². The van der Waals surface area contributed by atoms with Crippen molar-refractivity contribution >= 4 is 5.69 Å². The third kappa shape index (κ3) is 4.54. The summed E-state index contributed by atoms with van der Waals surface area (Å²) >= 11 is 0. The lowest BCUT2D eigenvalue weighted by Crippen LogP contribution is -2.28. The molecule has 0 aliphatic carbocycles. The number of benzene rings is 1. The van der Waals surface area contributed by atoms with Crippen molar-refractivity contribution in [2.24, 2.45) is 5.92 Å². The Kier molecular flexibility index (Phi) is 7.72. The standard InChI is InChI=1S/C16H21F6N/c1-3-5-6-10(4-2)7-8-23(9-17)16-14(21)12(19)11(18)13(20)15(16)22/h10H,3-9H2,1-2H3. The Balaban J connectivity index is 2.98. The Bertz CT molecular complexity index is 491. The summed E-state index contributed by atoms with van der Waals surface area (Å²) in [5.41, 5.74) is -1.20. The molecule has 0 bridgehead atoms. The minimum Gasteiger partial charge on any atom is -0.339 e. The summed E-state index contributed by atoms with van der Waals surface area (Å²) in [5.74, 6) is -10.1. The third-order valence-corrected chi connectivity index (χ3v) is 4.00. The molecule has 0 radical (unpaired) electrons. The fourth-order valence-electron chi connectivity index (χ4n) is 2.49. The van der Waals surface area contributed by atoms with Crippen molar-refractivity contribution in [3.8, 4) is 0 Å². The van der Waals surface area contributed by atoms with Gasteiger partial charge in [-0.2, -0.15) is 0 Å². The van der Waals surface area contributed by atoms with E-state index in [9.17, 15) is 26.3 Å². The fraction of sp³-hybridized carbons (Fsp3) is 0.625. The van der Waals surface area contributed by atoms with Crippen LogP contribution in [0.2, 0.25) is 0 Å². The highest BCUT2D eigenvalue weighted by Crippen LogP contribution is 2.31. The molecular weight excluding hydrogens is 320 g/mol. The van der Waals surface area contributed by atoms with Crippen molar-refractivity contribution in [1.82, 2.24) is 0 Å². The smallest absolute Gasteiger partial charge is 0.200 e. The molecule has 0 saturated carbocycles. The first-order valence-corrected chi connectivity index (χ1v) is 7.71. The van der Waals surface area contributed by atoms with Crippen molar-refractivity contribution in [3.05, 3.63) is 29.1 Å². The van der Waals surface area contributed by atoms with Gasteiger partial charge in [-0.25, -0.2) is 26.3 Å². The second kappa shape index (κ2) is 9.03. The molecule has 0 N–H and O–H groups in total. The predicted octanol–water partition coefficient (Wildman–Crippen LogP) is 5.72. The van der Waals surface area contributed by atoms with Crippen LogP contribution in [0.1, 0.15) is 46.0 Å². The lowest BCUT2D eigenvalue weighted by atomic mass is 9.95. The van der Waals surface area contributed by atoms with Crippen molar-refractivity contribution in [3.63, 3.8) is 0 Å². The number of hydrogen-bond donors (Lipinski definition) is 0. The zero-order valence-corrected chi connectivity index (χ0v) is 13.2. The Hall–Kier alpha value is -1.40. The van der Waals surface area contributed by atoms with E-state index >= 15 is 0 Å². The molecule has 0 amide bonds. The summed E-state index contributed by atoms with van der Waals surface area (Å²) < 4.78 is 80.0. The van der Waals surface area contributed by atoms with Gasteiger partial charge < -0.3 is 4.90 Å². The van der Waals surface area contributed by atoms with Gasteiger partial charge in [0.2, 0.25) is 5.82 Å². The average molecular weight is 341 g/mol. The second-order valence-electron chi connectivity index (χ2n) is 5.51. The van der Waals surface area contributed by atoms with Gasteiger partial charge in [-0.15, -0.1) is 0 Å². The molecule has 1 nitrogen and oxygen atoms in total. The zero-order chi connectivity index (χ0) is 17.6. The van der Waals surface area contributed by atoms with Gasteiger partial charge in [0.05, 0.1) is 0 Å². The highest BCUT2D eigenvalue weighted by Gasteiger charge is 2.29. The summed E-state index contributed by atoms with van der Waals surface area (Å²) in [6.07, 6.45) is 4.05. The highest BCUT2D eigenvalue weighted by atomic mass is 19.2. The van der Waals surface area contributed by atoms with Crippen molar-refractivity contribution in [1.29, 1.82) is 0 Å². The van der Waals surface area contributed by atoms with Crippen LogP contribution in [0.25, 0.3) is 0 Å². The maximum absolute atomic E-state index is 13.7. The van der Waals surface area contributed by atoms with Gasteiger partial charge in [-0.1, -0.05) is 39.5 Å². The van der Waals surface area contributed by atoms with Gasteiger partial charge in [0.25, 0.3) is 0 Å². The molecule has 1 atom stereocenters. The van der Waals surface area contributed by atoms with E-state index in [1.807, 2.05) is 13.8 Å². The summed E-state index contributed by atoms with van der Waals surface area (Å²) in [4.78, 5) is 0.560. The van der Waals surface area contributed by atoms with E-state index in [1.165, 1.54) is 0 Å². The normalized spacial score (nSPS) is 12.5. The predicted molar refractivity (Wildman–Crippen MR) is 77.5 cm³/mol. The molecule has 1 rings (SSSR count). The van der Waals surface area contributed by atoms with E-state index in [0.717, 1.165) is 25.7 Å². The van der Waals surface area contributed by atoms with E-state index in [4.69, 9.17) is 0 Å². The Morgan fingerprint density at radius 3 is 1.78 bits per heavy atom. The monoisotopic (exact) mass is 341 g/mol. The van der Waals surface area contributed by atoms with E-state index < -0.39 is 41.6 Å². The number of nitrogens with zero attached hydrogens (tertiary/aromatic N) is 1. The number of hydrogen-bond acceptors (Lipinski definition) is 1. The lowest BCUT2D eigenvalue weighted by Gasteiger charge is -2.25.